The molecule has 0 bridgehead atoms. The summed E-state index contributed by atoms with van der Waals surface area (Å²) in [6.45, 7) is 0. The van der Waals surface area contributed by atoms with Crippen LogP contribution in [0.1, 0.15) is 96.3 Å². The van der Waals surface area contributed by atoms with Gasteiger partial charge in [-0.3, -0.25) is 47.9 Å². The van der Waals surface area contributed by atoms with E-state index in [0.29, 0.717) is 32.1 Å². The van der Waals surface area contributed by atoms with E-state index in [1.165, 1.54) is 0 Å². The number of carbonyl (C=O) groups is 10. The second kappa shape index (κ2) is 43.1. The first-order valence-corrected chi connectivity index (χ1v) is 15.3. The van der Waals surface area contributed by atoms with Crippen LogP contribution in [0.25, 0.3) is 61.5 Å². The molecule has 0 atom stereocenters. The summed E-state index contributed by atoms with van der Waals surface area (Å²) >= 11 is 0. The Morgan fingerprint density at radius 2 is 0.262 bits per heavy atom. The molecule has 30 nitrogen and oxygen atoms in total. The first-order valence-electron chi connectivity index (χ1n) is 15.3. The summed E-state index contributed by atoms with van der Waals surface area (Å²) in [6.07, 6.45) is 6.29. The Labute approximate surface area is 445 Å². The summed E-state index contributed by atoms with van der Waals surface area (Å²) in [5, 5.41) is 84.7. The molecule has 5 aliphatic carbocycles. The number of carboxylic acids is 10. The SMILES string of the molecule is O=C(O)C1(C(=O)O)CCC1.O=C(O)C1(C(=O)O)CCC1.O=C(O)C1(C(=O)O)CCC1.O=C(O)C1(C(=O)O)CCC1.O=C(O)C1(C(=O)O)CCC1.[NH2-].[NH2-].[NH2-].[NH2-].[NH2-].[NH2-].[NH2-].[NH2-].[NH2-].[NH2-].[Pt+2].[Pt+2].[Pt+2].[Pt+2].[Pt+2]. The van der Waals surface area contributed by atoms with Crippen LogP contribution in [-0.2, 0) is 153 Å². The Bertz CT molecular complexity index is 1130. The topological polar surface area (TPSA) is 708 Å². The minimum Gasteiger partial charge on any atom is -0.693 e. The average Bonchev–Trinajstić information content (AvgIpc) is 2.79. The molecule has 0 spiro atoms. The summed E-state index contributed by atoms with van der Waals surface area (Å²) in [5.74, 6) is -12.0. The van der Waals surface area contributed by atoms with Gasteiger partial charge in [0.1, 0.15) is 0 Å². The van der Waals surface area contributed by atoms with Crippen LogP contribution in [0.2, 0.25) is 0 Å². The van der Waals surface area contributed by atoms with Crippen molar-refractivity contribution in [2.45, 2.75) is 96.3 Å². The molecule has 5 fully saturated rings. The number of carboxylic acid groups (broad SMARTS) is 10. The van der Waals surface area contributed by atoms with Crippen LogP contribution in [0.15, 0.2) is 0 Å². The van der Waals surface area contributed by atoms with Gasteiger partial charge in [0.2, 0.25) is 0 Å². The van der Waals surface area contributed by atoms with Crippen molar-refractivity contribution >= 4 is 59.7 Å². The second-order valence-electron chi connectivity index (χ2n) is 12.7. The van der Waals surface area contributed by atoms with Gasteiger partial charge in [-0.2, -0.15) is 0 Å². The molecular weight excluding hydrogens is 1800 g/mol. The van der Waals surface area contributed by atoms with Crippen molar-refractivity contribution < 1.29 is 204 Å². The van der Waals surface area contributed by atoms with Crippen molar-refractivity contribution in [3.8, 4) is 0 Å². The Balaban J connectivity index is -0.0000000350. The molecule has 0 aliphatic heterocycles. The van der Waals surface area contributed by atoms with Gasteiger partial charge in [0.05, 0.1) is 0 Å². The van der Waals surface area contributed by atoms with Gasteiger partial charge in [0, 0.05) is 0 Å². The molecule has 5 rings (SSSR count). The van der Waals surface area contributed by atoms with Gasteiger partial charge < -0.3 is 113 Å². The van der Waals surface area contributed by atoms with Crippen molar-refractivity contribution in [1.82, 2.24) is 0 Å². The molecule has 0 saturated heterocycles. The molecule has 5 saturated carbocycles. The predicted octanol–water partition coefficient (Wildman–Crippen LogP) is 8.79. The molecule has 0 aromatic heterocycles. The molecule has 0 radical (unpaired) electrons. The van der Waals surface area contributed by atoms with Crippen LogP contribution >= 0.6 is 0 Å². The number of aliphatic carboxylic acids is 10. The van der Waals surface area contributed by atoms with Crippen molar-refractivity contribution in [2.24, 2.45) is 27.1 Å². The Morgan fingerprint density at radius 1 is 0.200 bits per heavy atom. The zero-order chi connectivity index (χ0) is 38.9. The van der Waals surface area contributed by atoms with Crippen LogP contribution < -0.4 is 0 Å². The van der Waals surface area contributed by atoms with E-state index < -0.39 is 86.8 Å². The maximum atomic E-state index is 10.4. The number of hydrogen-bond acceptors (Lipinski definition) is 10. The molecule has 5 aliphatic rings. The molecular formula is C30H60N10O20Pt5. The first-order chi connectivity index (χ1) is 23.0. The Hall–Kier alpha value is -2.26. The van der Waals surface area contributed by atoms with Gasteiger partial charge in [-0.15, -0.1) is 0 Å². The van der Waals surface area contributed by atoms with E-state index >= 15 is 0 Å². The largest absolute Gasteiger partial charge is 2.00 e. The van der Waals surface area contributed by atoms with E-state index in [9.17, 15) is 47.9 Å². The predicted molar refractivity (Wildman–Crippen MR) is 211 cm³/mol. The van der Waals surface area contributed by atoms with E-state index in [1.54, 1.807) is 0 Å². The summed E-state index contributed by atoms with van der Waals surface area (Å²) in [4.78, 5) is 104. The summed E-state index contributed by atoms with van der Waals surface area (Å²) in [6, 6.07) is 0. The molecule has 35 heteroatoms. The first kappa shape index (κ1) is 105. The standard InChI is InChI=1S/5C6H8O4.10H2N.5Pt/c5*7-4(8)6(5(9)10)2-1-3-6;;;;;;;;;;;;;;;/h5*1-3H2,(H,7,8)(H,9,10);10*1H2;;;;;/q;;;;;10*-1;5*+2. The van der Waals surface area contributed by atoms with Gasteiger partial charge in [0.15, 0.2) is 27.1 Å². The van der Waals surface area contributed by atoms with Gasteiger partial charge in [0.25, 0.3) is 0 Å². The summed E-state index contributed by atoms with van der Waals surface area (Å²) in [5.41, 5.74) is -7.22. The fourth-order valence-corrected chi connectivity index (χ4v) is 5.25. The summed E-state index contributed by atoms with van der Waals surface area (Å²) in [7, 11) is 0. The molecule has 65 heavy (non-hydrogen) atoms. The van der Waals surface area contributed by atoms with Crippen molar-refractivity contribution in [1.29, 1.82) is 0 Å². The van der Waals surface area contributed by atoms with E-state index in [4.69, 9.17) is 51.1 Å². The molecule has 0 unspecified atom stereocenters. The van der Waals surface area contributed by atoms with E-state index in [0.717, 1.165) is 0 Å². The van der Waals surface area contributed by atoms with Crippen molar-refractivity contribution in [2.75, 3.05) is 0 Å². The number of nitrogens with two attached hydrogens (primary N) is 10. The van der Waals surface area contributed by atoms with Crippen LogP contribution in [0.5, 0.6) is 0 Å². The maximum absolute atomic E-state index is 10.4. The van der Waals surface area contributed by atoms with Gasteiger partial charge in [-0.25, -0.2) is 0 Å². The van der Waals surface area contributed by atoms with Gasteiger partial charge in [-0.05, 0) is 96.3 Å². The van der Waals surface area contributed by atoms with Crippen molar-refractivity contribution in [3.05, 3.63) is 61.5 Å². The van der Waals surface area contributed by atoms with E-state index in [1.807, 2.05) is 0 Å². The Kier molecular flexibility index (Phi) is 69.5. The van der Waals surface area contributed by atoms with Gasteiger partial charge >= 0.3 is 165 Å². The molecule has 0 aromatic carbocycles. The smallest absolute Gasteiger partial charge is 0.693 e. The third-order valence-electron chi connectivity index (χ3n) is 10.1. The van der Waals surface area contributed by atoms with Gasteiger partial charge in [-0.1, -0.05) is 0 Å². The molecule has 400 valence electrons. The van der Waals surface area contributed by atoms with Crippen LogP contribution in [-0.4, -0.2) is 111 Å². The monoisotopic (exact) mass is 1860 g/mol. The van der Waals surface area contributed by atoms with Crippen LogP contribution in [0.3, 0.4) is 0 Å². The minimum atomic E-state index is -1.44. The van der Waals surface area contributed by atoms with Crippen molar-refractivity contribution in [3.63, 3.8) is 0 Å². The molecule has 0 amide bonds. The zero-order valence-electron chi connectivity index (χ0n) is 34.0. The molecule has 0 heterocycles. The van der Waals surface area contributed by atoms with E-state index in [-0.39, 0.29) is 231 Å². The quantitative estimate of drug-likeness (QED) is 0.0913. The summed E-state index contributed by atoms with van der Waals surface area (Å²) < 4.78 is 0. The molecule has 30 N–H and O–H groups in total. The third kappa shape index (κ3) is 23.1. The zero-order valence-corrected chi connectivity index (χ0v) is 45.4. The maximum Gasteiger partial charge on any atom is 2.00 e. The fraction of sp³-hybridized carbons (Fsp3) is 0.667. The van der Waals surface area contributed by atoms with Crippen LogP contribution in [0.4, 0.5) is 0 Å². The normalized spacial score (nSPS) is 16.3. The minimum absolute atomic E-state index is 0. The number of hydrogen-bond donors (Lipinski definition) is 10. The Morgan fingerprint density at radius 3 is 0.262 bits per heavy atom. The average molecular weight is 1860 g/mol. The fourth-order valence-electron chi connectivity index (χ4n) is 5.25. The molecule has 0 aromatic rings. The second-order valence-corrected chi connectivity index (χ2v) is 12.7. The van der Waals surface area contributed by atoms with Crippen LogP contribution in [0, 0.1) is 27.1 Å². The van der Waals surface area contributed by atoms with E-state index in [2.05, 4.69) is 0 Å². The number of rotatable bonds is 10. The third-order valence-corrected chi connectivity index (χ3v) is 10.1.